The minimum absolute atomic E-state index is 0.271. The van der Waals surface area contributed by atoms with Gasteiger partial charge in [-0.3, -0.25) is 14.5 Å². The molecule has 1 aliphatic heterocycles. The van der Waals surface area contributed by atoms with Crippen molar-refractivity contribution in [2.24, 2.45) is 0 Å². The molecule has 0 saturated carbocycles. The van der Waals surface area contributed by atoms with Gasteiger partial charge in [-0.1, -0.05) is 23.7 Å². The highest BCUT2D eigenvalue weighted by Crippen LogP contribution is 2.41. The molecule has 1 saturated heterocycles. The third-order valence-corrected chi connectivity index (χ3v) is 6.52. The van der Waals surface area contributed by atoms with Gasteiger partial charge in [0, 0.05) is 22.0 Å². The van der Waals surface area contributed by atoms with Crippen molar-refractivity contribution >= 4 is 40.8 Å². The molecular formula is C20H20ClN3O3S. The molecule has 0 unspecified atom stereocenters. The summed E-state index contributed by atoms with van der Waals surface area (Å²) in [5.74, 6) is -0.680. The maximum absolute atomic E-state index is 13.1. The molecule has 6 nitrogen and oxygen atoms in total. The van der Waals surface area contributed by atoms with Crippen molar-refractivity contribution < 1.29 is 14.4 Å². The van der Waals surface area contributed by atoms with E-state index in [-0.39, 0.29) is 18.4 Å². The Balaban J connectivity index is 1.37. The summed E-state index contributed by atoms with van der Waals surface area (Å²) in [6.07, 6.45) is 2.96. The van der Waals surface area contributed by atoms with Gasteiger partial charge >= 0.3 is 6.03 Å². The topological polar surface area (TPSA) is 78.5 Å². The Morgan fingerprint density at radius 2 is 2.04 bits per heavy atom. The van der Waals surface area contributed by atoms with Gasteiger partial charge in [0.25, 0.3) is 5.91 Å². The number of nitrogens with zero attached hydrogens (tertiary/aromatic N) is 1. The monoisotopic (exact) mass is 417 g/mol. The minimum Gasteiger partial charge on any atom is -0.354 e. The van der Waals surface area contributed by atoms with Crippen LogP contribution < -0.4 is 10.6 Å². The summed E-state index contributed by atoms with van der Waals surface area (Å²) < 4.78 is 0. The molecule has 1 aliphatic carbocycles. The molecule has 146 valence electrons. The van der Waals surface area contributed by atoms with Crippen LogP contribution in [0.15, 0.2) is 35.7 Å². The van der Waals surface area contributed by atoms with E-state index in [1.54, 1.807) is 23.5 Å². The zero-order valence-corrected chi connectivity index (χ0v) is 16.7. The van der Waals surface area contributed by atoms with E-state index in [0.717, 1.165) is 33.7 Å². The number of carbonyl (C=O) groups excluding carboxylic acids is 3. The van der Waals surface area contributed by atoms with Crippen LogP contribution >= 0.6 is 22.9 Å². The summed E-state index contributed by atoms with van der Waals surface area (Å²) in [5.41, 5.74) is 0.924. The SMILES string of the molecule is O=C(CN1C(=O)N[C@]2(CCCc3sccc32)C1=O)NCCc1ccc(Cl)cc1. The maximum atomic E-state index is 13.1. The van der Waals surface area contributed by atoms with Crippen molar-refractivity contribution in [3.63, 3.8) is 0 Å². The van der Waals surface area contributed by atoms with E-state index in [0.29, 0.717) is 24.4 Å². The van der Waals surface area contributed by atoms with Crippen LogP contribution in [0.25, 0.3) is 0 Å². The smallest absolute Gasteiger partial charge is 0.325 e. The van der Waals surface area contributed by atoms with Gasteiger partial charge in [-0.25, -0.2) is 4.79 Å². The second-order valence-electron chi connectivity index (χ2n) is 7.06. The number of benzene rings is 1. The third kappa shape index (κ3) is 3.40. The predicted octanol–water partition coefficient (Wildman–Crippen LogP) is 2.84. The summed E-state index contributed by atoms with van der Waals surface area (Å²) >= 11 is 7.46. The fraction of sp³-hybridized carbons (Fsp3) is 0.350. The van der Waals surface area contributed by atoms with Crippen molar-refractivity contribution in [1.82, 2.24) is 15.5 Å². The number of rotatable bonds is 5. The van der Waals surface area contributed by atoms with E-state index in [2.05, 4.69) is 10.6 Å². The minimum atomic E-state index is -1.01. The number of amides is 4. The van der Waals surface area contributed by atoms with E-state index in [1.165, 1.54) is 0 Å². The fourth-order valence-corrected chi connectivity index (χ4v) is 5.01. The predicted molar refractivity (Wildman–Crippen MR) is 107 cm³/mol. The Hall–Kier alpha value is -2.38. The number of hydrogen-bond donors (Lipinski definition) is 2. The van der Waals surface area contributed by atoms with Crippen molar-refractivity contribution in [1.29, 1.82) is 0 Å². The third-order valence-electron chi connectivity index (χ3n) is 5.29. The van der Waals surface area contributed by atoms with Gasteiger partial charge in [0.15, 0.2) is 0 Å². The molecule has 2 aliphatic rings. The number of urea groups is 1. The van der Waals surface area contributed by atoms with Crippen LogP contribution in [-0.2, 0) is 28.0 Å². The van der Waals surface area contributed by atoms with Crippen LogP contribution in [0.4, 0.5) is 4.79 Å². The van der Waals surface area contributed by atoms with Crippen LogP contribution in [0, 0.1) is 0 Å². The lowest BCUT2D eigenvalue weighted by Gasteiger charge is -2.31. The first-order valence-corrected chi connectivity index (χ1v) is 10.5. The summed E-state index contributed by atoms with van der Waals surface area (Å²) in [4.78, 5) is 40.0. The molecule has 2 N–H and O–H groups in total. The van der Waals surface area contributed by atoms with Crippen LogP contribution in [0.1, 0.15) is 28.8 Å². The number of halogens is 1. The van der Waals surface area contributed by atoms with E-state index in [4.69, 9.17) is 11.6 Å². The van der Waals surface area contributed by atoms with E-state index in [9.17, 15) is 14.4 Å². The highest BCUT2D eigenvalue weighted by atomic mass is 35.5. The first-order valence-electron chi connectivity index (χ1n) is 9.22. The number of fused-ring (bicyclic) bond motifs is 2. The van der Waals surface area contributed by atoms with Gasteiger partial charge in [-0.15, -0.1) is 11.3 Å². The zero-order valence-electron chi connectivity index (χ0n) is 15.2. The Morgan fingerprint density at radius 3 is 2.82 bits per heavy atom. The van der Waals surface area contributed by atoms with Gasteiger partial charge < -0.3 is 10.6 Å². The highest BCUT2D eigenvalue weighted by molar-refractivity contribution is 7.10. The second kappa shape index (κ2) is 7.56. The molecule has 4 rings (SSSR count). The fourth-order valence-electron chi connectivity index (χ4n) is 3.88. The van der Waals surface area contributed by atoms with E-state index >= 15 is 0 Å². The Labute approximate surface area is 171 Å². The molecule has 28 heavy (non-hydrogen) atoms. The number of carbonyl (C=O) groups is 3. The highest BCUT2D eigenvalue weighted by Gasteiger charge is 2.54. The molecule has 1 spiro atoms. The first-order chi connectivity index (χ1) is 13.5. The van der Waals surface area contributed by atoms with Crippen LogP contribution in [0.5, 0.6) is 0 Å². The van der Waals surface area contributed by atoms with Gasteiger partial charge in [0.05, 0.1) is 0 Å². The molecule has 2 aromatic rings. The molecule has 1 atom stereocenters. The maximum Gasteiger partial charge on any atom is 0.325 e. The summed E-state index contributed by atoms with van der Waals surface area (Å²) in [6.45, 7) is 0.149. The standard InChI is InChI=1S/C20H20ClN3O3S/c21-14-5-3-13(4-6-14)7-10-22-17(25)12-24-18(26)20(23-19(24)27)9-1-2-16-15(20)8-11-28-16/h3-6,8,11H,1-2,7,9-10,12H2,(H,22,25)(H,23,27)/t20-/m0/s1. The summed E-state index contributed by atoms with van der Waals surface area (Å²) in [6, 6.07) is 8.81. The van der Waals surface area contributed by atoms with Crippen molar-refractivity contribution in [3.8, 4) is 0 Å². The van der Waals surface area contributed by atoms with Crippen molar-refractivity contribution in [2.45, 2.75) is 31.2 Å². The van der Waals surface area contributed by atoms with Gasteiger partial charge in [0.1, 0.15) is 12.1 Å². The number of aryl methyl sites for hydroxylation is 1. The van der Waals surface area contributed by atoms with E-state index < -0.39 is 11.6 Å². The molecule has 0 bridgehead atoms. The van der Waals surface area contributed by atoms with Crippen LogP contribution in [-0.4, -0.2) is 35.8 Å². The van der Waals surface area contributed by atoms with Crippen molar-refractivity contribution in [3.05, 3.63) is 56.7 Å². The normalized spacial score (nSPS) is 21.0. The molecule has 1 fully saturated rings. The lowest BCUT2D eigenvalue weighted by atomic mass is 9.80. The molecule has 1 aromatic heterocycles. The lowest BCUT2D eigenvalue weighted by molar-refractivity contribution is -0.135. The molecule has 1 aromatic carbocycles. The number of hydrogen-bond acceptors (Lipinski definition) is 4. The summed E-state index contributed by atoms with van der Waals surface area (Å²) in [7, 11) is 0. The van der Waals surface area contributed by atoms with E-state index in [1.807, 2.05) is 23.6 Å². The van der Waals surface area contributed by atoms with Crippen molar-refractivity contribution in [2.75, 3.05) is 13.1 Å². The van der Waals surface area contributed by atoms with Gasteiger partial charge in [-0.05, 0) is 54.8 Å². The molecule has 4 amide bonds. The zero-order chi connectivity index (χ0) is 19.7. The van der Waals surface area contributed by atoms with Crippen LogP contribution in [0.3, 0.4) is 0 Å². The van der Waals surface area contributed by atoms with Gasteiger partial charge in [-0.2, -0.15) is 0 Å². The molecule has 0 radical (unpaired) electrons. The Morgan fingerprint density at radius 1 is 1.25 bits per heavy atom. The second-order valence-corrected chi connectivity index (χ2v) is 8.50. The first kappa shape index (κ1) is 19.0. The average molecular weight is 418 g/mol. The molecule has 2 heterocycles. The molecule has 8 heteroatoms. The average Bonchev–Trinajstić information content (AvgIpc) is 3.24. The largest absolute Gasteiger partial charge is 0.354 e. The van der Waals surface area contributed by atoms with Gasteiger partial charge in [0.2, 0.25) is 5.91 Å². The summed E-state index contributed by atoms with van der Waals surface area (Å²) in [5, 5.41) is 8.24. The number of imide groups is 1. The molecular weight excluding hydrogens is 398 g/mol. The number of nitrogens with one attached hydrogen (secondary N) is 2. The lowest BCUT2D eigenvalue weighted by Crippen LogP contribution is -2.46. The Bertz CT molecular complexity index is 927. The van der Waals surface area contributed by atoms with Crippen LogP contribution in [0.2, 0.25) is 5.02 Å². The number of thiophene rings is 1. The Kier molecular flexibility index (Phi) is 5.12. The quantitative estimate of drug-likeness (QED) is 0.734.